The number of anilines is 2. The maximum atomic E-state index is 12.5. The lowest BCUT2D eigenvalue weighted by Gasteiger charge is -2.10. The molecular weight excluding hydrogens is 369 g/mol. The summed E-state index contributed by atoms with van der Waals surface area (Å²) < 4.78 is 46.8. The van der Waals surface area contributed by atoms with E-state index in [4.69, 9.17) is 22.1 Å². The fourth-order valence-electron chi connectivity index (χ4n) is 1.69. The van der Waals surface area contributed by atoms with Gasteiger partial charge in [-0.05, 0) is 13.0 Å². The molecule has 1 amide bonds. The van der Waals surface area contributed by atoms with Crippen molar-refractivity contribution in [3.05, 3.63) is 34.1 Å². The second-order valence-corrected chi connectivity index (χ2v) is 5.09. The van der Waals surface area contributed by atoms with E-state index in [-0.39, 0.29) is 23.0 Å². The number of ether oxygens (including phenoxy) is 1. The van der Waals surface area contributed by atoms with Gasteiger partial charge in [-0.25, -0.2) is 9.78 Å². The predicted octanol–water partition coefficient (Wildman–Crippen LogP) is 2.43. The van der Waals surface area contributed by atoms with Crippen LogP contribution in [0.3, 0.4) is 0 Å². The number of hydrogen-bond acceptors (Lipinski definition) is 7. The standard InChI is InChI=1S/C13H10ClF3N4O4/c1-5-9(10(18)25-21-5)12(23)24-4-8(22)20-11-7(14)2-6(3-19-11)13(15,16)17/h2-3H,4,18H2,1H3,(H,19,20,22). The van der Waals surface area contributed by atoms with Crippen molar-refractivity contribution in [2.75, 3.05) is 17.7 Å². The Morgan fingerprint density at radius 1 is 1.44 bits per heavy atom. The van der Waals surface area contributed by atoms with Crippen LogP contribution in [0, 0.1) is 6.92 Å². The van der Waals surface area contributed by atoms with Gasteiger partial charge in [0.15, 0.2) is 12.4 Å². The molecule has 12 heteroatoms. The first-order chi connectivity index (χ1) is 11.6. The zero-order chi connectivity index (χ0) is 18.8. The van der Waals surface area contributed by atoms with Crippen LogP contribution in [0.15, 0.2) is 16.8 Å². The maximum Gasteiger partial charge on any atom is 0.417 e. The third-order valence-electron chi connectivity index (χ3n) is 2.85. The van der Waals surface area contributed by atoms with Crippen LogP contribution in [-0.4, -0.2) is 28.6 Å². The lowest BCUT2D eigenvalue weighted by Crippen LogP contribution is -2.22. The van der Waals surface area contributed by atoms with E-state index in [1.165, 1.54) is 6.92 Å². The van der Waals surface area contributed by atoms with Crippen molar-refractivity contribution < 1.29 is 32.0 Å². The van der Waals surface area contributed by atoms with Crippen molar-refractivity contribution in [3.63, 3.8) is 0 Å². The topological polar surface area (TPSA) is 120 Å². The molecule has 0 unspecified atom stereocenters. The lowest BCUT2D eigenvalue weighted by molar-refractivity contribution is -0.137. The van der Waals surface area contributed by atoms with E-state index in [0.29, 0.717) is 12.3 Å². The third-order valence-corrected chi connectivity index (χ3v) is 3.14. The quantitative estimate of drug-likeness (QED) is 0.784. The molecule has 3 N–H and O–H groups in total. The van der Waals surface area contributed by atoms with Crippen LogP contribution in [-0.2, 0) is 15.7 Å². The molecule has 8 nitrogen and oxygen atoms in total. The maximum absolute atomic E-state index is 12.5. The average molecular weight is 379 g/mol. The first-order valence-electron chi connectivity index (χ1n) is 6.51. The van der Waals surface area contributed by atoms with Crippen LogP contribution in [0.1, 0.15) is 21.6 Å². The van der Waals surface area contributed by atoms with Gasteiger partial charge in [0.2, 0.25) is 5.88 Å². The Hall–Kier alpha value is -2.82. The van der Waals surface area contributed by atoms with Crippen molar-refractivity contribution in [2.24, 2.45) is 0 Å². The van der Waals surface area contributed by atoms with Crippen LogP contribution >= 0.6 is 11.6 Å². The fourth-order valence-corrected chi connectivity index (χ4v) is 1.91. The minimum atomic E-state index is -4.62. The Bertz CT molecular complexity index is 803. The van der Waals surface area contributed by atoms with Crippen LogP contribution < -0.4 is 11.1 Å². The molecule has 0 aliphatic carbocycles. The zero-order valence-corrected chi connectivity index (χ0v) is 13.2. The number of esters is 1. The molecule has 0 aliphatic heterocycles. The number of nitrogens with zero attached hydrogens (tertiary/aromatic N) is 2. The van der Waals surface area contributed by atoms with Gasteiger partial charge in [-0.2, -0.15) is 13.2 Å². The van der Waals surface area contributed by atoms with E-state index in [2.05, 4.69) is 20.0 Å². The molecule has 25 heavy (non-hydrogen) atoms. The second kappa shape index (κ2) is 6.97. The summed E-state index contributed by atoms with van der Waals surface area (Å²) in [7, 11) is 0. The van der Waals surface area contributed by atoms with E-state index in [0.717, 1.165) is 0 Å². The van der Waals surface area contributed by atoms with Crippen molar-refractivity contribution in [3.8, 4) is 0 Å². The van der Waals surface area contributed by atoms with Crippen LogP contribution in [0.2, 0.25) is 5.02 Å². The predicted molar refractivity (Wildman–Crippen MR) is 78.8 cm³/mol. The summed E-state index contributed by atoms with van der Waals surface area (Å²) in [5.41, 5.74) is 4.37. The molecule has 0 spiro atoms. The number of hydrogen-bond donors (Lipinski definition) is 2. The molecule has 0 aromatic carbocycles. The van der Waals surface area contributed by atoms with E-state index < -0.39 is 35.2 Å². The number of carbonyl (C=O) groups is 2. The third kappa shape index (κ3) is 4.38. The highest BCUT2D eigenvalue weighted by atomic mass is 35.5. The molecule has 2 aromatic heterocycles. The van der Waals surface area contributed by atoms with Gasteiger partial charge in [0.1, 0.15) is 5.56 Å². The first-order valence-corrected chi connectivity index (χ1v) is 6.89. The Kier molecular flexibility index (Phi) is 5.16. The summed E-state index contributed by atoms with van der Waals surface area (Å²) in [6.45, 7) is 0.699. The van der Waals surface area contributed by atoms with E-state index in [9.17, 15) is 22.8 Å². The van der Waals surface area contributed by atoms with Gasteiger partial charge in [0.05, 0.1) is 16.3 Å². The summed E-state index contributed by atoms with van der Waals surface area (Å²) in [4.78, 5) is 26.9. The number of rotatable bonds is 4. The number of nitrogens with one attached hydrogen (secondary N) is 1. The number of amides is 1. The number of nitrogens with two attached hydrogens (primary N) is 1. The summed E-state index contributed by atoms with van der Waals surface area (Å²) in [6.07, 6.45) is -4.11. The Balaban J connectivity index is 1.98. The Labute approximate surface area is 143 Å². The van der Waals surface area contributed by atoms with Crippen LogP contribution in [0.4, 0.5) is 24.9 Å². The number of alkyl halides is 3. The monoisotopic (exact) mass is 378 g/mol. The number of halogens is 4. The molecule has 0 saturated heterocycles. The molecule has 2 rings (SSSR count). The van der Waals surface area contributed by atoms with Gasteiger partial charge in [-0.15, -0.1) is 0 Å². The van der Waals surface area contributed by atoms with Gasteiger partial charge >= 0.3 is 12.1 Å². The molecule has 2 heterocycles. The smallest absolute Gasteiger partial charge is 0.417 e. The second-order valence-electron chi connectivity index (χ2n) is 4.68. The fraction of sp³-hybridized carbons (Fsp3) is 0.231. The molecule has 0 aliphatic rings. The van der Waals surface area contributed by atoms with Gasteiger partial charge in [-0.1, -0.05) is 16.8 Å². The summed E-state index contributed by atoms with van der Waals surface area (Å²) in [6, 6.07) is 0.609. The highest BCUT2D eigenvalue weighted by Gasteiger charge is 2.31. The molecule has 134 valence electrons. The molecular formula is C13H10ClF3N4O4. The number of carbonyl (C=O) groups excluding carboxylic acids is 2. The van der Waals surface area contributed by atoms with Crippen LogP contribution in [0.5, 0.6) is 0 Å². The number of aryl methyl sites for hydroxylation is 1. The van der Waals surface area contributed by atoms with Crippen molar-refractivity contribution in [1.82, 2.24) is 10.1 Å². The highest BCUT2D eigenvalue weighted by Crippen LogP contribution is 2.32. The summed E-state index contributed by atoms with van der Waals surface area (Å²) in [5, 5.41) is 5.15. The van der Waals surface area contributed by atoms with Gasteiger partial charge < -0.3 is 20.3 Å². The molecule has 0 fully saturated rings. The first kappa shape index (κ1) is 18.5. The van der Waals surface area contributed by atoms with Crippen LogP contribution in [0.25, 0.3) is 0 Å². The molecule has 0 radical (unpaired) electrons. The average Bonchev–Trinajstić information content (AvgIpc) is 2.85. The van der Waals surface area contributed by atoms with Gasteiger partial charge in [-0.3, -0.25) is 4.79 Å². The minimum Gasteiger partial charge on any atom is -0.452 e. The highest BCUT2D eigenvalue weighted by molar-refractivity contribution is 6.33. The Morgan fingerprint density at radius 3 is 2.64 bits per heavy atom. The molecule has 0 saturated carbocycles. The Morgan fingerprint density at radius 2 is 2.12 bits per heavy atom. The van der Waals surface area contributed by atoms with E-state index in [1.54, 1.807) is 0 Å². The SMILES string of the molecule is Cc1noc(N)c1C(=O)OCC(=O)Nc1ncc(C(F)(F)F)cc1Cl. The van der Waals surface area contributed by atoms with Crippen molar-refractivity contribution in [1.29, 1.82) is 0 Å². The van der Waals surface area contributed by atoms with Crippen molar-refractivity contribution in [2.45, 2.75) is 13.1 Å². The van der Waals surface area contributed by atoms with E-state index in [1.807, 2.05) is 0 Å². The molecule has 0 atom stereocenters. The molecule has 0 bridgehead atoms. The number of pyridine rings is 1. The normalized spacial score (nSPS) is 11.2. The van der Waals surface area contributed by atoms with Gasteiger partial charge in [0, 0.05) is 6.20 Å². The number of aromatic nitrogens is 2. The lowest BCUT2D eigenvalue weighted by atomic mass is 10.2. The van der Waals surface area contributed by atoms with Gasteiger partial charge in [0.25, 0.3) is 5.91 Å². The molecule has 2 aromatic rings. The summed E-state index contributed by atoms with van der Waals surface area (Å²) in [5.74, 6) is -2.39. The van der Waals surface area contributed by atoms with E-state index >= 15 is 0 Å². The number of nitrogen functional groups attached to an aromatic ring is 1. The largest absolute Gasteiger partial charge is 0.452 e. The summed E-state index contributed by atoms with van der Waals surface area (Å²) >= 11 is 5.64. The zero-order valence-electron chi connectivity index (χ0n) is 12.5. The minimum absolute atomic E-state index is 0.126. The van der Waals surface area contributed by atoms with Crippen molar-refractivity contribution >= 4 is 35.2 Å².